The molecule has 0 amide bonds. The summed E-state index contributed by atoms with van der Waals surface area (Å²) in [6, 6.07) is 0. The average molecular weight is 495 g/mol. The molecule has 6 nitrogen and oxygen atoms in total. The Morgan fingerprint density at radius 1 is 0.576 bits per heavy atom. The molecule has 0 saturated heterocycles. The van der Waals surface area contributed by atoms with E-state index in [2.05, 4.69) is 27.7 Å². The number of rotatable bonds is 25. The first kappa shape index (κ1) is 32.7. The van der Waals surface area contributed by atoms with Gasteiger partial charge in [-0.1, -0.05) is 0 Å². The normalized spacial score (nSPS) is 13.1. The first-order chi connectivity index (χ1) is 16.0. The zero-order chi connectivity index (χ0) is 24.7. The number of ether oxygens (including phenoxy) is 4. The Kier molecular flexibility index (Phi) is 20.9. The van der Waals surface area contributed by atoms with Crippen molar-refractivity contribution in [3.05, 3.63) is 0 Å². The van der Waals surface area contributed by atoms with Crippen LogP contribution in [0.1, 0.15) is 85.5 Å². The first-order valence-corrected chi connectivity index (χ1v) is 16.4. The molecule has 0 N–H and O–H groups in total. The smallest absolute Gasteiger partial charge is 0.382 e. The molecular formula is C26H55O6P. The molecule has 0 rings (SSSR count). The summed E-state index contributed by atoms with van der Waals surface area (Å²) in [5, 5.41) is 0. The molecule has 0 heterocycles. The average Bonchev–Trinajstić information content (AvgIpc) is 2.82. The van der Waals surface area contributed by atoms with Crippen molar-refractivity contribution in [1.29, 1.82) is 0 Å². The van der Waals surface area contributed by atoms with Crippen LogP contribution in [-0.2, 0) is 28.3 Å². The molecule has 0 aliphatic heterocycles. The van der Waals surface area contributed by atoms with E-state index >= 15 is 0 Å². The Bertz CT molecular complexity index is 417. The van der Waals surface area contributed by atoms with Gasteiger partial charge in [0.15, 0.2) is 0 Å². The summed E-state index contributed by atoms with van der Waals surface area (Å²) in [7, 11) is 1.65. The van der Waals surface area contributed by atoms with Gasteiger partial charge in [0, 0.05) is 7.11 Å². The van der Waals surface area contributed by atoms with Gasteiger partial charge in [-0.05, 0) is 0 Å². The molecule has 0 bridgehead atoms. The molecular weight excluding hydrogens is 439 g/mol. The molecule has 0 aliphatic rings. The zero-order valence-electron chi connectivity index (χ0n) is 22.5. The van der Waals surface area contributed by atoms with Gasteiger partial charge in [0.25, 0.3) is 0 Å². The molecule has 0 spiro atoms. The number of carbonyl (C=O) groups excluding carboxylic acids is 1. The second-order valence-corrected chi connectivity index (χ2v) is 14.9. The Morgan fingerprint density at radius 2 is 0.939 bits per heavy atom. The van der Waals surface area contributed by atoms with E-state index in [1.165, 1.54) is 0 Å². The van der Waals surface area contributed by atoms with Gasteiger partial charge in [-0.25, -0.2) is 0 Å². The molecule has 200 valence electrons. The second kappa shape index (κ2) is 21.1. The molecule has 0 aromatic carbocycles. The first-order valence-electron chi connectivity index (χ1n) is 13.5. The fraction of sp³-hybridized carbons (Fsp3) is 0.962. The van der Waals surface area contributed by atoms with Crippen LogP contribution in [0.2, 0.25) is 0 Å². The van der Waals surface area contributed by atoms with Crippen molar-refractivity contribution in [3.8, 4) is 0 Å². The topological polar surface area (TPSA) is 63.2 Å². The molecule has 0 unspecified atom stereocenters. The van der Waals surface area contributed by atoms with Gasteiger partial charge in [0.05, 0.1) is 6.61 Å². The molecule has 0 radical (unpaired) electrons. The van der Waals surface area contributed by atoms with Crippen LogP contribution in [0.15, 0.2) is 0 Å². The van der Waals surface area contributed by atoms with Crippen molar-refractivity contribution in [1.82, 2.24) is 0 Å². The molecule has 0 saturated carbocycles. The summed E-state index contributed by atoms with van der Waals surface area (Å²) in [6.07, 6.45) is 14.0. The molecule has 7 heteroatoms. The van der Waals surface area contributed by atoms with Crippen LogP contribution in [-0.4, -0.2) is 84.0 Å². The predicted molar refractivity (Wildman–Crippen MR) is 141 cm³/mol. The van der Waals surface area contributed by atoms with Crippen LogP contribution in [0.4, 0.5) is 0 Å². The fourth-order valence-corrected chi connectivity index (χ4v) is 11.1. The van der Waals surface area contributed by atoms with Gasteiger partial charge >= 0.3 is 186 Å². The summed E-state index contributed by atoms with van der Waals surface area (Å²) in [6.45, 7) is 10.1. The third-order valence-corrected chi connectivity index (χ3v) is 12.8. The van der Waals surface area contributed by atoms with E-state index in [4.69, 9.17) is 23.5 Å². The van der Waals surface area contributed by atoms with Gasteiger partial charge in [-0.3, -0.25) is 0 Å². The van der Waals surface area contributed by atoms with E-state index in [0.29, 0.717) is 52.7 Å². The molecule has 0 fully saturated rings. The minimum Gasteiger partial charge on any atom is -0.382 e. The Morgan fingerprint density at radius 3 is 1.30 bits per heavy atom. The van der Waals surface area contributed by atoms with E-state index in [9.17, 15) is 4.79 Å². The van der Waals surface area contributed by atoms with Crippen molar-refractivity contribution < 1.29 is 28.3 Å². The third-order valence-electron chi connectivity index (χ3n) is 6.30. The van der Waals surface area contributed by atoms with Crippen LogP contribution >= 0.6 is 6.83 Å². The number of hydrogen-bond donors (Lipinski definition) is 0. The van der Waals surface area contributed by atoms with Gasteiger partial charge in [-0.15, -0.1) is 0 Å². The van der Waals surface area contributed by atoms with Crippen LogP contribution in [0.25, 0.3) is 0 Å². The molecule has 0 aromatic heterocycles. The standard InChI is InChI=1S/C26H55O6P/c1-6-10-22-33(23-11-7-2,24-12-8-3,25-13-9-4)32-26(27)14-15-29-18-19-31-21-20-30-17-16-28-5/h6-25H2,1-5H3. The Labute approximate surface area is 204 Å². The van der Waals surface area contributed by atoms with Crippen molar-refractivity contribution >= 4 is 12.8 Å². The van der Waals surface area contributed by atoms with Crippen molar-refractivity contribution in [2.45, 2.75) is 85.5 Å². The van der Waals surface area contributed by atoms with Gasteiger partial charge in [-0.2, -0.15) is 0 Å². The predicted octanol–water partition coefficient (Wildman–Crippen LogP) is 6.28. The number of unbranched alkanes of at least 4 members (excludes halogenated alkanes) is 4. The number of carbonyl (C=O) groups is 1. The van der Waals surface area contributed by atoms with Crippen LogP contribution in [0.5, 0.6) is 0 Å². The van der Waals surface area contributed by atoms with E-state index < -0.39 is 6.83 Å². The van der Waals surface area contributed by atoms with E-state index in [1.54, 1.807) is 7.11 Å². The summed E-state index contributed by atoms with van der Waals surface area (Å²) < 4.78 is 28.1. The van der Waals surface area contributed by atoms with Gasteiger partial charge in [0.2, 0.25) is 0 Å². The van der Waals surface area contributed by atoms with Crippen LogP contribution in [0.3, 0.4) is 0 Å². The zero-order valence-corrected chi connectivity index (χ0v) is 23.4. The van der Waals surface area contributed by atoms with Gasteiger partial charge < -0.3 is 4.74 Å². The summed E-state index contributed by atoms with van der Waals surface area (Å²) in [4.78, 5) is 13.0. The Balaban J connectivity index is 4.71. The Hall–Kier alpha value is -0.260. The maximum atomic E-state index is 13.0. The summed E-state index contributed by atoms with van der Waals surface area (Å²) in [5.74, 6) is -0.0560. The molecule has 33 heavy (non-hydrogen) atoms. The van der Waals surface area contributed by atoms with Crippen LogP contribution in [0, 0.1) is 0 Å². The molecule has 0 atom stereocenters. The summed E-state index contributed by atoms with van der Waals surface area (Å²) in [5.41, 5.74) is 0. The SMILES string of the molecule is CCCCP(CCCC)(CCCC)(CCCC)OC(=O)CCOCCOCCOCCOC. The quantitative estimate of drug-likeness (QED) is 0.110. The van der Waals surface area contributed by atoms with Crippen molar-refractivity contribution in [2.24, 2.45) is 0 Å². The van der Waals surface area contributed by atoms with Crippen molar-refractivity contribution in [3.63, 3.8) is 0 Å². The van der Waals surface area contributed by atoms with E-state index in [0.717, 1.165) is 76.0 Å². The minimum atomic E-state index is -2.54. The van der Waals surface area contributed by atoms with Gasteiger partial charge in [0.1, 0.15) is 0 Å². The molecule has 0 aliphatic carbocycles. The van der Waals surface area contributed by atoms with E-state index in [1.807, 2.05) is 0 Å². The minimum absolute atomic E-state index is 0.0560. The number of hydrogen-bond acceptors (Lipinski definition) is 6. The monoisotopic (exact) mass is 494 g/mol. The second-order valence-electron chi connectivity index (χ2n) is 9.21. The van der Waals surface area contributed by atoms with Crippen LogP contribution < -0.4 is 0 Å². The summed E-state index contributed by atoms with van der Waals surface area (Å²) >= 11 is 0. The van der Waals surface area contributed by atoms with Crippen molar-refractivity contribution in [2.75, 3.05) is 78.0 Å². The number of methoxy groups -OCH3 is 1. The third kappa shape index (κ3) is 15.4. The van der Waals surface area contributed by atoms with E-state index in [-0.39, 0.29) is 5.97 Å². The molecule has 0 aromatic rings. The fourth-order valence-electron chi connectivity index (χ4n) is 4.26. The maximum absolute atomic E-state index is 13.0.